The van der Waals surface area contributed by atoms with Crippen molar-refractivity contribution < 1.29 is 14.3 Å². The molecule has 1 aromatic heterocycles. The van der Waals surface area contributed by atoms with Crippen molar-refractivity contribution in [2.75, 3.05) is 14.2 Å². The van der Waals surface area contributed by atoms with E-state index < -0.39 is 6.09 Å². The fourth-order valence-corrected chi connectivity index (χ4v) is 2.85. The number of ether oxygens (including phenoxy) is 2. The van der Waals surface area contributed by atoms with Gasteiger partial charge < -0.3 is 9.47 Å². The van der Waals surface area contributed by atoms with Gasteiger partial charge in [-0.05, 0) is 50.9 Å². The number of halogens is 2. The quantitative estimate of drug-likeness (QED) is 0.752. The normalized spacial score (nSPS) is 10.7. The maximum atomic E-state index is 11.8. The van der Waals surface area contributed by atoms with Crippen LogP contribution >= 0.6 is 31.9 Å². The molecule has 18 heavy (non-hydrogen) atoms. The molecular formula is C12H11Br2NO3. The minimum absolute atomic E-state index is 0.416. The molecule has 0 saturated heterocycles. The van der Waals surface area contributed by atoms with Gasteiger partial charge in [0.25, 0.3) is 0 Å². The van der Waals surface area contributed by atoms with Crippen LogP contribution in [0.25, 0.3) is 10.9 Å². The van der Waals surface area contributed by atoms with E-state index in [0.29, 0.717) is 5.75 Å². The van der Waals surface area contributed by atoms with Crippen LogP contribution in [0.3, 0.4) is 0 Å². The standard InChI is InChI=1S/C12H11Br2NO3/c1-6-11(14)7-4-10(17-2)8(13)5-9(7)15(6)12(16)18-3/h4-5H,1-3H3. The third-order valence-electron chi connectivity index (χ3n) is 2.76. The fourth-order valence-electron chi connectivity index (χ4n) is 1.86. The average molecular weight is 377 g/mol. The summed E-state index contributed by atoms with van der Waals surface area (Å²) in [5.41, 5.74) is 1.55. The molecule has 0 amide bonds. The molecule has 96 valence electrons. The van der Waals surface area contributed by atoms with Crippen molar-refractivity contribution in [3.63, 3.8) is 0 Å². The largest absolute Gasteiger partial charge is 0.496 e. The lowest BCUT2D eigenvalue weighted by atomic mass is 10.2. The van der Waals surface area contributed by atoms with Gasteiger partial charge in [-0.1, -0.05) is 0 Å². The Balaban J connectivity index is 2.85. The fraction of sp³-hybridized carbons (Fsp3) is 0.250. The second-order valence-electron chi connectivity index (χ2n) is 3.71. The number of rotatable bonds is 1. The van der Waals surface area contributed by atoms with Gasteiger partial charge in [-0.25, -0.2) is 9.36 Å². The molecule has 0 spiro atoms. The highest BCUT2D eigenvalue weighted by molar-refractivity contribution is 9.11. The minimum Gasteiger partial charge on any atom is -0.496 e. The molecule has 0 N–H and O–H groups in total. The lowest BCUT2D eigenvalue weighted by Crippen LogP contribution is -2.12. The van der Waals surface area contributed by atoms with E-state index in [-0.39, 0.29) is 0 Å². The van der Waals surface area contributed by atoms with E-state index in [0.717, 1.165) is 25.5 Å². The van der Waals surface area contributed by atoms with E-state index in [1.165, 1.54) is 11.7 Å². The first kappa shape index (κ1) is 13.4. The number of nitrogens with zero attached hydrogens (tertiary/aromatic N) is 1. The van der Waals surface area contributed by atoms with E-state index in [9.17, 15) is 4.79 Å². The average Bonchev–Trinajstić information content (AvgIpc) is 2.60. The van der Waals surface area contributed by atoms with Crippen LogP contribution in [0.1, 0.15) is 5.69 Å². The zero-order valence-corrected chi connectivity index (χ0v) is 13.3. The Kier molecular flexibility index (Phi) is 3.68. The van der Waals surface area contributed by atoms with Gasteiger partial charge in [0.2, 0.25) is 0 Å². The second-order valence-corrected chi connectivity index (χ2v) is 5.36. The Morgan fingerprint density at radius 1 is 1.28 bits per heavy atom. The maximum absolute atomic E-state index is 11.8. The van der Waals surface area contributed by atoms with Gasteiger partial charge in [-0.2, -0.15) is 0 Å². The van der Waals surface area contributed by atoms with Crippen LogP contribution in [0.4, 0.5) is 4.79 Å². The summed E-state index contributed by atoms with van der Waals surface area (Å²) in [6.07, 6.45) is -0.416. The zero-order chi connectivity index (χ0) is 13.4. The molecule has 0 bridgehead atoms. The Morgan fingerprint density at radius 2 is 1.94 bits per heavy atom. The first-order valence-electron chi connectivity index (χ1n) is 5.13. The Labute approximate surface area is 121 Å². The molecule has 1 aromatic carbocycles. The third-order valence-corrected chi connectivity index (χ3v) is 4.38. The number of benzene rings is 1. The molecule has 0 unspecified atom stereocenters. The van der Waals surface area contributed by atoms with E-state index in [1.807, 2.05) is 19.1 Å². The van der Waals surface area contributed by atoms with Crippen molar-refractivity contribution in [1.82, 2.24) is 4.57 Å². The number of fused-ring (bicyclic) bond motifs is 1. The van der Waals surface area contributed by atoms with Crippen LogP contribution in [-0.4, -0.2) is 24.9 Å². The third kappa shape index (κ3) is 1.93. The molecule has 6 heteroatoms. The van der Waals surface area contributed by atoms with Crippen LogP contribution in [0, 0.1) is 6.92 Å². The number of hydrogen-bond donors (Lipinski definition) is 0. The lowest BCUT2D eigenvalue weighted by molar-refractivity contribution is 0.173. The number of aromatic nitrogens is 1. The number of carbonyl (C=O) groups excluding carboxylic acids is 1. The molecule has 0 aliphatic rings. The van der Waals surface area contributed by atoms with Gasteiger partial charge in [-0.3, -0.25) is 0 Å². The first-order valence-corrected chi connectivity index (χ1v) is 6.72. The molecule has 0 radical (unpaired) electrons. The topological polar surface area (TPSA) is 40.5 Å². The first-order chi connectivity index (χ1) is 8.51. The summed E-state index contributed by atoms with van der Waals surface area (Å²) >= 11 is 6.90. The van der Waals surface area contributed by atoms with Crippen LogP contribution in [0.15, 0.2) is 21.1 Å². The molecule has 4 nitrogen and oxygen atoms in total. The van der Waals surface area contributed by atoms with Crippen LogP contribution < -0.4 is 4.74 Å². The minimum atomic E-state index is -0.416. The highest BCUT2D eigenvalue weighted by Gasteiger charge is 2.19. The van der Waals surface area contributed by atoms with Gasteiger partial charge in [0.05, 0.1) is 24.2 Å². The number of hydrogen-bond acceptors (Lipinski definition) is 3. The van der Waals surface area contributed by atoms with E-state index in [4.69, 9.17) is 9.47 Å². The summed E-state index contributed by atoms with van der Waals surface area (Å²) in [5, 5.41) is 0.901. The van der Waals surface area contributed by atoms with Crippen molar-refractivity contribution in [1.29, 1.82) is 0 Å². The van der Waals surface area contributed by atoms with Crippen molar-refractivity contribution in [2.24, 2.45) is 0 Å². The number of carbonyl (C=O) groups is 1. The molecule has 0 aliphatic carbocycles. The summed E-state index contributed by atoms with van der Waals surface area (Å²) in [6, 6.07) is 3.71. The molecule has 0 saturated carbocycles. The summed E-state index contributed by atoms with van der Waals surface area (Å²) in [6.45, 7) is 1.85. The van der Waals surface area contributed by atoms with Crippen LogP contribution in [0.5, 0.6) is 5.75 Å². The van der Waals surface area contributed by atoms with Crippen molar-refractivity contribution in [3.8, 4) is 5.75 Å². The highest BCUT2D eigenvalue weighted by atomic mass is 79.9. The highest BCUT2D eigenvalue weighted by Crippen LogP contribution is 2.37. The smallest absolute Gasteiger partial charge is 0.418 e. The molecule has 0 fully saturated rings. The second kappa shape index (κ2) is 4.93. The van der Waals surface area contributed by atoms with Gasteiger partial charge in [0.1, 0.15) is 5.75 Å². The van der Waals surface area contributed by atoms with Crippen molar-refractivity contribution in [3.05, 3.63) is 26.8 Å². The van der Waals surface area contributed by atoms with Gasteiger partial charge in [0, 0.05) is 15.6 Å². The summed E-state index contributed by atoms with van der Waals surface area (Å²) in [5.74, 6) is 0.713. The van der Waals surface area contributed by atoms with E-state index in [1.54, 1.807) is 7.11 Å². The summed E-state index contributed by atoms with van der Waals surface area (Å²) in [7, 11) is 2.96. The zero-order valence-electron chi connectivity index (χ0n) is 10.1. The molecular weight excluding hydrogens is 366 g/mol. The predicted molar refractivity (Wildman–Crippen MR) is 76.4 cm³/mol. The lowest BCUT2D eigenvalue weighted by Gasteiger charge is -2.06. The van der Waals surface area contributed by atoms with E-state index >= 15 is 0 Å². The van der Waals surface area contributed by atoms with Gasteiger partial charge >= 0.3 is 6.09 Å². The summed E-state index contributed by atoms with van der Waals surface area (Å²) < 4.78 is 13.2. The molecule has 2 aromatic rings. The molecule has 2 rings (SSSR count). The van der Waals surface area contributed by atoms with Gasteiger partial charge in [0.15, 0.2) is 0 Å². The maximum Gasteiger partial charge on any atom is 0.418 e. The molecule has 1 heterocycles. The summed E-state index contributed by atoms with van der Waals surface area (Å²) in [4.78, 5) is 11.8. The Hall–Kier alpha value is -1.01. The molecule has 0 atom stereocenters. The molecule has 0 aliphatic heterocycles. The van der Waals surface area contributed by atoms with E-state index in [2.05, 4.69) is 31.9 Å². The van der Waals surface area contributed by atoms with Gasteiger partial charge in [-0.15, -0.1) is 0 Å². The van der Waals surface area contributed by atoms with Crippen LogP contribution in [0.2, 0.25) is 0 Å². The Bertz CT molecular complexity index is 634. The van der Waals surface area contributed by atoms with Crippen molar-refractivity contribution >= 4 is 48.9 Å². The monoisotopic (exact) mass is 375 g/mol. The SMILES string of the molecule is COC(=O)n1c(C)c(Br)c2cc(OC)c(Br)cc21. The van der Waals surface area contributed by atoms with Crippen molar-refractivity contribution in [2.45, 2.75) is 6.92 Å². The predicted octanol–water partition coefficient (Wildman–Crippen LogP) is 4.10. The Morgan fingerprint density at radius 3 is 2.50 bits per heavy atom. The number of methoxy groups -OCH3 is 2. The van der Waals surface area contributed by atoms with Crippen LogP contribution in [-0.2, 0) is 4.74 Å².